The molecule has 0 aromatic heterocycles. The number of fused-ring (bicyclic) bond motifs is 1. The van der Waals surface area contributed by atoms with Crippen molar-refractivity contribution < 1.29 is 15.3 Å². The van der Waals surface area contributed by atoms with E-state index in [-0.39, 0.29) is 0 Å². The molecule has 3 nitrogen and oxygen atoms in total. The highest BCUT2D eigenvalue weighted by molar-refractivity contribution is 5.29. The van der Waals surface area contributed by atoms with Gasteiger partial charge in [0.25, 0.3) is 0 Å². The summed E-state index contributed by atoms with van der Waals surface area (Å²) in [5.41, 5.74) is 3.06. The summed E-state index contributed by atoms with van der Waals surface area (Å²) in [7, 11) is 0. The fourth-order valence-corrected chi connectivity index (χ4v) is 6.81. The van der Waals surface area contributed by atoms with Gasteiger partial charge in [-0.1, -0.05) is 50.6 Å². The Hall–Kier alpha value is -0.900. The van der Waals surface area contributed by atoms with Crippen molar-refractivity contribution in [3.8, 4) is 0 Å². The smallest absolute Gasteiger partial charge is 0.0809 e. The number of aliphatic hydroxyl groups is 3. The molecule has 0 aromatic rings. The molecule has 7 atom stereocenters. The van der Waals surface area contributed by atoms with E-state index in [1.54, 1.807) is 5.57 Å². The van der Waals surface area contributed by atoms with Crippen LogP contribution in [0.1, 0.15) is 92.4 Å². The molecule has 3 fully saturated rings. The molecule has 0 spiro atoms. The van der Waals surface area contributed by atoms with Crippen molar-refractivity contribution in [3.63, 3.8) is 0 Å². The quantitative estimate of drug-likeness (QED) is 0.456. The summed E-state index contributed by atoms with van der Waals surface area (Å²) >= 11 is 0. The molecule has 0 amide bonds. The van der Waals surface area contributed by atoms with Crippen LogP contribution in [0.5, 0.6) is 0 Å². The molecule has 0 heterocycles. The van der Waals surface area contributed by atoms with Crippen LogP contribution in [0.15, 0.2) is 35.5 Å². The van der Waals surface area contributed by atoms with Crippen molar-refractivity contribution in [1.29, 1.82) is 0 Å². The zero-order valence-corrected chi connectivity index (χ0v) is 20.5. The first kappa shape index (κ1) is 24.7. The fourth-order valence-electron chi connectivity index (χ4n) is 6.81. The summed E-state index contributed by atoms with van der Waals surface area (Å²) in [6.45, 7) is 15.0. The van der Waals surface area contributed by atoms with Crippen LogP contribution in [0, 0.1) is 29.1 Å². The van der Waals surface area contributed by atoms with Crippen molar-refractivity contribution in [1.82, 2.24) is 0 Å². The van der Waals surface area contributed by atoms with Gasteiger partial charge in [0.2, 0.25) is 0 Å². The Morgan fingerprint density at radius 2 is 1.77 bits per heavy atom. The first-order valence-electron chi connectivity index (χ1n) is 12.6. The second kappa shape index (κ2) is 9.53. The van der Waals surface area contributed by atoms with Gasteiger partial charge in [0.15, 0.2) is 0 Å². The van der Waals surface area contributed by atoms with Crippen LogP contribution < -0.4 is 0 Å². The van der Waals surface area contributed by atoms with E-state index in [0.29, 0.717) is 41.6 Å². The molecule has 0 bridgehead atoms. The normalized spacial score (nSPS) is 37.6. The molecule has 3 saturated carbocycles. The Morgan fingerprint density at radius 3 is 2.39 bits per heavy atom. The average Bonchev–Trinajstić information content (AvgIpc) is 3.04. The molecular weight excluding hydrogens is 384 g/mol. The minimum atomic E-state index is -0.618. The number of hydrogen-bond acceptors (Lipinski definition) is 3. The maximum Gasteiger partial charge on any atom is 0.0809 e. The Morgan fingerprint density at radius 1 is 1.13 bits per heavy atom. The topological polar surface area (TPSA) is 60.7 Å². The lowest BCUT2D eigenvalue weighted by atomic mass is 9.59. The van der Waals surface area contributed by atoms with Gasteiger partial charge >= 0.3 is 0 Å². The molecule has 0 aliphatic heterocycles. The highest BCUT2D eigenvalue weighted by atomic mass is 16.3. The van der Waals surface area contributed by atoms with E-state index in [2.05, 4.69) is 39.5 Å². The molecule has 0 aromatic carbocycles. The van der Waals surface area contributed by atoms with Crippen LogP contribution in [0.25, 0.3) is 0 Å². The molecule has 3 aliphatic rings. The van der Waals surface area contributed by atoms with Gasteiger partial charge in [0, 0.05) is 0 Å². The van der Waals surface area contributed by atoms with Crippen LogP contribution in [0.3, 0.4) is 0 Å². The molecule has 3 rings (SSSR count). The van der Waals surface area contributed by atoms with Gasteiger partial charge in [0.1, 0.15) is 0 Å². The lowest BCUT2D eigenvalue weighted by molar-refractivity contribution is 0.0447. The van der Waals surface area contributed by atoms with Crippen LogP contribution in [0.4, 0.5) is 0 Å². The minimum Gasteiger partial charge on any atom is -0.390 e. The zero-order chi connectivity index (χ0) is 23.0. The van der Waals surface area contributed by atoms with Gasteiger partial charge < -0.3 is 15.3 Å². The highest BCUT2D eigenvalue weighted by Crippen LogP contribution is 2.60. The first-order valence-corrected chi connectivity index (χ1v) is 12.6. The minimum absolute atomic E-state index is 0.366. The summed E-state index contributed by atoms with van der Waals surface area (Å²) in [6, 6.07) is 0. The molecule has 31 heavy (non-hydrogen) atoms. The number of aliphatic hydroxyl groups excluding tert-OH is 2. The maximum absolute atomic E-state index is 10.2. The van der Waals surface area contributed by atoms with Crippen LogP contribution in [0.2, 0.25) is 0 Å². The lowest BCUT2D eigenvalue weighted by Gasteiger charge is -2.45. The number of allylic oxidation sites excluding steroid dienone is 3. The highest BCUT2D eigenvalue weighted by Gasteiger charge is 2.51. The Bertz CT molecular complexity index is 696. The van der Waals surface area contributed by atoms with Gasteiger partial charge in [-0.25, -0.2) is 0 Å². The van der Waals surface area contributed by atoms with Crippen molar-refractivity contribution in [3.05, 3.63) is 35.5 Å². The van der Waals surface area contributed by atoms with E-state index in [9.17, 15) is 15.3 Å². The van der Waals surface area contributed by atoms with Gasteiger partial charge in [0.05, 0.1) is 17.8 Å². The monoisotopic (exact) mass is 430 g/mol. The second-order valence-electron chi connectivity index (χ2n) is 11.9. The van der Waals surface area contributed by atoms with Crippen molar-refractivity contribution in [2.45, 2.75) is 110 Å². The van der Waals surface area contributed by atoms with E-state index < -0.39 is 17.8 Å². The third kappa shape index (κ3) is 5.54. The van der Waals surface area contributed by atoms with Crippen molar-refractivity contribution >= 4 is 0 Å². The van der Waals surface area contributed by atoms with Crippen molar-refractivity contribution in [2.75, 3.05) is 0 Å². The second-order valence-corrected chi connectivity index (χ2v) is 11.9. The van der Waals surface area contributed by atoms with Crippen LogP contribution in [-0.2, 0) is 0 Å². The SMILES string of the molecule is C=C1[C@H](O)CC(=CC=C2CCC[C@@]3(C)C2CCC3[C@H](C)[C@@H](C)CCC(C)(C)O)C[C@H]1O. The molecule has 3 heteroatoms. The summed E-state index contributed by atoms with van der Waals surface area (Å²) in [6.07, 6.45) is 12.8. The van der Waals surface area contributed by atoms with E-state index in [1.165, 1.54) is 32.1 Å². The molecule has 2 unspecified atom stereocenters. The largest absolute Gasteiger partial charge is 0.390 e. The van der Waals surface area contributed by atoms with Gasteiger partial charge in [-0.15, -0.1) is 0 Å². The Balaban J connectivity index is 1.71. The van der Waals surface area contributed by atoms with Crippen LogP contribution in [-0.4, -0.2) is 33.1 Å². The van der Waals surface area contributed by atoms with E-state index in [1.807, 2.05) is 13.8 Å². The van der Waals surface area contributed by atoms with E-state index >= 15 is 0 Å². The van der Waals surface area contributed by atoms with Crippen LogP contribution >= 0.6 is 0 Å². The summed E-state index contributed by atoms with van der Waals surface area (Å²) in [5.74, 6) is 2.69. The standard InChI is InChI=1S/C28H46O3/c1-18(13-15-27(4,5)31)19(2)23-11-12-24-22(8-7-14-28(23,24)6)10-9-21-16-25(29)20(3)26(30)17-21/h9-10,18-19,23-26,29-31H,3,7-8,11-17H2,1-2,4-6H3/t18-,19+,23?,24?,25+,26+,28+/m0/s1. The van der Waals surface area contributed by atoms with Gasteiger partial charge in [-0.2, -0.15) is 0 Å². The molecule has 3 aliphatic carbocycles. The van der Waals surface area contributed by atoms with Gasteiger partial charge in [-0.05, 0) is 106 Å². The zero-order valence-electron chi connectivity index (χ0n) is 20.5. The number of rotatable bonds is 6. The average molecular weight is 431 g/mol. The summed E-state index contributed by atoms with van der Waals surface area (Å²) in [5, 5.41) is 30.5. The first-order chi connectivity index (χ1) is 14.4. The summed E-state index contributed by atoms with van der Waals surface area (Å²) in [4.78, 5) is 0. The predicted molar refractivity (Wildman–Crippen MR) is 129 cm³/mol. The summed E-state index contributed by atoms with van der Waals surface area (Å²) < 4.78 is 0. The fraction of sp³-hybridized carbons (Fsp3) is 0.786. The Labute approximate surface area is 190 Å². The maximum atomic E-state index is 10.2. The van der Waals surface area contributed by atoms with Crippen molar-refractivity contribution in [2.24, 2.45) is 29.1 Å². The molecule has 0 radical (unpaired) electrons. The van der Waals surface area contributed by atoms with E-state index in [4.69, 9.17) is 0 Å². The van der Waals surface area contributed by atoms with E-state index in [0.717, 1.165) is 24.3 Å². The lowest BCUT2D eigenvalue weighted by Crippen LogP contribution is -2.37. The third-order valence-corrected chi connectivity index (χ3v) is 9.08. The molecular formula is C28H46O3. The molecule has 176 valence electrons. The third-order valence-electron chi connectivity index (χ3n) is 9.08. The number of hydrogen-bond donors (Lipinski definition) is 3. The van der Waals surface area contributed by atoms with Gasteiger partial charge in [-0.3, -0.25) is 0 Å². The Kier molecular flexibility index (Phi) is 7.61. The predicted octanol–water partition coefficient (Wildman–Crippen LogP) is 5.95. The molecule has 3 N–H and O–H groups in total. The molecule has 0 saturated heterocycles.